The summed E-state index contributed by atoms with van der Waals surface area (Å²) in [5.74, 6) is 0.174. The molecule has 0 unspecified atom stereocenters. The lowest BCUT2D eigenvalue weighted by Gasteiger charge is -2.09. The SMILES string of the molecule is CN(C)CCCCNc1cccc(F)n1. The number of hydrogen-bond donors (Lipinski definition) is 1. The van der Waals surface area contributed by atoms with Gasteiger partial charge < -0.3 is 10.2 Å². The van der Waals surface area contributed by atoms with Gasteiger partial charge in [0.05, 0.1) is 0 Å². The number of pyridine rings is 1. The monoisotopic (exact) mass is 211 g/mol. The number of nitrogens with one attached hydrogen (secondary N) is 1. The highest BCUT2D eigenvalue weighted by molar-refractivity contribution is 5.33. The molecule has 1 heterocycles. The molecular weight excluding hydrogens is 193 g/mol. The molecule has 0 radical (unpaired) electrons. The lowest BCUT2D eigenvalue weighted by molar-refractivity contribution is 0.396. The van der Waals surface area contributed by atoms with E-state index in [1.165, 1.54) is 6.07 Å². The average Bonchev–Trinajstić information content (AvgIpc) is 2.17. The maximum absolute atomic E-state index is 12.7. The fourth-order valence-electron chi connectivity index (χ4n) is 1.28. The minimum absolute atomic E-state index is 0.437. The minimum Gasteiger partial charge on any atom is -0.370 e. The van der Waals surface area contributed by atoms with Gasteiger partial charge in [-0.1, -0.05) is 6.07 Å². The summed E-state index contributed by atoms with van der Waals surface area (Å²) in [6.45, 7) is 1.92. The van der Waals surface area contributed by atoms with Crippen LogP contribution in [0, 0.1) is 5.95 Å². The molecule has 0 atom stereocenters. The third kappa shape index (κ3) is 5.32. The molecule has 0 amide bonds. The van der Waals surface area contributed by atoms with E-state index in [1.54, 1.807) is 12.1 Å². The largest absolute Gasteiger partial charge is 0.370 e. The van der Waals surface area contributed by atoms with Crippen molar-refractivity contribution in [2.24, 2.45) is 0 Å². The highest BCUT2D eigenvalue weighted by Crippen LogP contribution is 2.03. The van der Waals surface area contributed by atoms with Crippen molar-refractivity contribution in [3.63, 3.8) is 0 Å². The molecule has 0 fully saturated rings. The van der Waals surface area contributed by atoms with Crippen molar-refractivity contribution < 1.29 is 4.39 Å². The summed E-state index contributed by atoms with van der Waals surface area (Å²) in [5.41, 5.74) is 0. The third-order valence-corrected chi connectivity index (χ3v) is 2.05. The Hall–Kier alpha value is -1.16. The van der Waals surface area contributed by atoms with Gasteiger partial charge in [-0.2, -0.15) is 4.39 Å². The second-order valence-electron chi connectivity index (χ2n) is 3.78. The first kappa shape index (κ1) is 11.9. The van der Waals surface area contributed by atoms with Gasteiger partial charge in [0.25, 0.3) is 0 Å². The number of nitrogens with zero attached hydrogens (tertiary/aromatic N) is 2. The molecule has 0 aromatic carbocycles. The van der Waals surface area contributed by atoms with Crippen LogP contribution in [0.4, 0.5) is 10.2 Å². The maximum atomic E-state index is 12.7. The van der Waals surface area contributed by atoms with Crippen LogP contribution in [0.1, 0.15) is 12.8 Å². The molecule has 3 nitrogen and oxygen atoms in total. The van der Waals surface area contributed by atoms with Crippen LogP contribution >= 0.6 is 0 Å². The average molecular weight is 211 g/mol. The van der Waals surface area contributed by atoms with Gasteiger partial charge in [-0.15, -0.1) is 0 Å². The van der Waals surface area contributed by atoms with E-state index in [2.05, 4.69) is 29.3 Å². The minimum atomic E-state index is -0.437. The van der Waals surface area contributed by atoms with Crippen LogP contribution in [0.15, 0.2) is 18.2 Å². The molecular formula is C11H18FN3. The molecule has 4 heteroatoms. The van der Waals surface area contributed by atoms with Crippen LogP contribution in [0.2, 0.25) is 0 Å². The van der Waals surface area contributed by atoms with E-state index >= 15 is 0 Å². The molecule has 15 heavy (non-hydrogen) atoms. The van der Waals surface area contributed by atoms with Gasteiger partial charge in [0.2, 0.25) is 5.95 Å². The zero-order valence-corrected chi connectivity index (χ0v) is 9.33. The van der Waals surface area contributed by atoms with E-state index in [0.29, 0.717) is 5.82 Å². The molecule has 1 aromatic heterocycles. The van der Waals surface area contributed by atoms with Crippen molar-refractivity contribution in [2.75, 3.05) is 32.5 Å². The quantitative estimate of drug-likeness (QED) is 0.576. The Balaban J connectivity index is 2.15. The van der Waals surface area contributed by atoms with E-state index in [1.807, 2.05) is 0 Å². The standard InChI is InChI=1S/C11H18FN3/c1-15(2)9-4-3-8-13-11-7-5-6-10(12)14-11/h5-7H,3-4,8-9H2,1-2H3,(H,13,14). The van der Waals surface area contributed by atoms with Gasteiger partial charge in [-0.05, 0) is 45.6 Å². The number of unbranched alkanes of at least 4 members (excludes halogenated alkanes) is 1. The van der Waals surface area contributed by atoms with Crippen molar-refractivity contribution in [3.8, 4) is 0 Å². The number of halogens is 1. The second-order valence-corrected chi connectivity index (χ2v) is 3.78. The van der Waals surface area contributed by atoms with Gasteiger partial charge in [0.15, 0.2) is 0 Å². The summed E-state index contributed by atoms with van der Waals surface area (Å²) in [5, 5.41) is 3.09. The van der Waals surface area contributed by atoms with Crippen LogP contribution in [-0.4, -0.2) is 37.1 Å². The number of rotatable bonds is 6. The van der Waals surface area contributed by atoms with Gasteiger partial charge in [-0.3, -0.25) is 0 Å². The number of aromatic nitrogens is 1. The first-order chi connectivity index (χ1) is 7.18. The predicted molar refractivity (Wildman–Crippen MR) is 60.5 cm³/mol. The molecule has 0 bridgehead atoms. The van der Waals surface area contributed by atoms with Crippen LogP contribution in [0.5, 0.6) is 0 Å². The Kier molecular flexibility index (Phi) is 5.04. The highest BCUT2D eigenvalue weighted by atomic mass is 19.1. The molecule has 0 aliphatic heterocycles. The Morgan fingerprint density at radius 3 is 2.80 bits per heavy atom. The second kappa shape index (κ2) is 6.35. The van der Waals surface area contributed by atoms with Crippen molar-refractivity contribution >= 4 is 5.82 Å². The van der Waals surface area contributed by atoms with Crippen molar-refractivity contribution in [2.45, 2.75) is 12.8 Å². The molecule has 0 saturated heterocycles. The smallest absolute Gasteiger partial charge is 0.214 e. The Morgan fingerprint density at radius 1 is 1.33 bits per heavy atom. The Labute approximate surface area is 90.3 Å². The van der Waals surface area contributed by atoms with E-state index in [0.717, 1.165) is 25.9 Å². The normalized spacial score (nSPS) is 10.7. The summed E-state index contributed by atoms with van der Waals surface area (Å²) in [6, 6.07) is 4.77. The topological polar surface area (TPSA) is 28.2 Å². The van der Waals surface area contributed by atoms with E-state index in [4.69, 9.17) is 0 Å². The molecule has 1 rings (SSSR count). The molecule has 0 spiro atoms. The van der Waals surface area contributed by atoms with Gasteiger partial charge in [0.1, 0.15) is 5.82 Å². The van der Waals surface area contributed by atoms with E-state index in [9.17, 15) is 4.39 Å². The Morgan fingerprint density at radius 2 is 2.13 bits per heavy atom. The van der Waals surface area contributed by atoms with Crippen molar-refractivity contribution in [1.29, 1.82) is 0 Å². The first-order valence-electron chi connectivity index (χ1n) is 5.19. The molecule has 1 N–H and O–H groups in total. The number of anilines is 1. The zero-order valence-electron chi connectivity index (χ0n) is 9.33. The summed E-state index contributed by atoms with van der Waals surface area (Å²) < 4.78 is 12.7. The zero-order chi connectivity index (χ0) is 11.1. The van der Waals surface area contributed by atoms with Gasteiger partial charge in [0, 0.05) is 6.54 Å². The molecule has 1 aromatic rings. The fourth-order valence-corrected chi connectivity index (χ4v) is 1.28. The lowest BCUT2D eigenvalue weighted by atomic mass is 10.3. The summed E-state index contributed by atoms with van der Waals surface area (Å²) >= 11 is 0. The van der Waals surface area contributed by atoms with E-state index in [-0.39, 0.29) is 0 Å². The highest BCUT2D eigenvalue weighted by Gasteiger charge is 1.95. The predicted octanol–water partition coefficient (Wildman–Crippen LogP) is 1.97. The number of hydrogen-bond acceptors (Lipinski definition) is 3. The third-order valence-electron chi connectivity index (χ3n) is 2.05. The van der Waals surface area contributed by atoms with Crippen molar-refractivity contribution in [1.82, 2.24) is 9.88 Å². The Bertz CT molecular complexity index is 289. The van der Waals surface area contributed by atoms with Crippen LogP contribution < -0.4 is 5.32 Å². The lowest BCUT2D eigenvalue weighted by Crippen LogP contribution is -2.14. The molecule has 84 valence electrons. The molecule has 0 aliphatic carbocycles. The fraction of sp³-hybridized carbons (Fsp3) is 0.545. The van der Waals surface area contributed by atoms with Gasteiger partial charge in [-0.25, -0.2) is 4.98 Å². The maximum Gasteiger partial charge on any atom is 0.214 e. The summed E-state index contributed by atoms with van der Waals surface area (Å²) in [6.07, 6.45) is 2.20. The van der Waals surface area contributed by atoms with Crippen LogP contribution in [-0.2, 0) is 0 Å². The van der Waals surface area contributed by atoms with Crippen LogP contribution in [0.3, 0.4) is 0 Å². The first-order valence-corrected chi connectivity index (χ1v) is 5.19. The molecule has 0 aliphatic rings. The van der Waals surface area contributed by atoms with Crippen LogP contribution in [0.25, 0.3) is 0 Å². The van der Waals surface area contributed by atoms with Gasteiger partial charge >= 0.3 is 0 Å². The summed E-state index contributed by atoms with van der Waals surface area (Å²) in [7, 11) is 4.11. The summed E-state index contributed by atoms with van der Waals surface area (Å²) in [4.78, 5) is 5.87. The van der Waals surface area contributed by atoms with Crippen molar-refractivity contribution in [3.05, 3.63) is 24.1 Å². The van der Waals surface area contributed by atoms with E-state index < -0.39 is 5.95 Å². The molecule has 0 saturated carbocycles.